The molecule has 0 radical (unpaired) electrons. The summed E-state index contributed by atoms with van der Waals surface area (Å²) in [6.45, 7) is 3.11. The van der Waals surface area contributed by atoms with Gasteiger partial charge in [-0.2, -0.15) is 0 Å². The molecule has 1 aliphatic heterocycles. The molecule has 2 heterocycles. The first-order chi connectivity index (χ1) is 12.7. The summed E-state index contributed by atoms with van der Waals surface area (Å²) >= 11 is 0. The Hall–Kier alpha value is -2.18. The third kappa shape index (κ3) is 4.51. The second-order valence-electron chi connectivity index (χ2n) is 6.84. The number of hydrogen-bond donors (Lipinski definition) is 1. The largest absolute Gasteiger partial charge is 0.496 e. The number of aromatic nitrogens is 3. The van der Waals surface area contributed by atoms with Gasteiger partial charge in [-0.3, -0.25) is 4.90 Å². The zero-order valence-electron chi connectivity index (χ0n) is 15.6. The zero-order chi connectivity index (χ0) is 18.4. The van der Waals surface area contributed by atoms with Crippen LogP contribution >= 0.6 is 0 Å². The summed E-state index contributed by atoms with van der Waals surface area (Å²) < 4.78 is 7.30. The van der Waals surface area contributed by atoms with Crippen LogP contribution in [0.5, 0.6) is 5.75 Å². The highest BCUT2D eigenvalue weighted by Gasteiger charge is 2.21. The van der Waals surface area contributed by atoms with E-state index < -0.39 is 0 Å². The van der Waals surface area contributed by atoms with Gasteiger partial charge in [0.15, 0.2) is 5.82 Å². The minimum absolute atomic E-state index is 0.0551. The van der Waals surface area contributed by atoms with Gasteiger partial charge in [0.25, 0.3) is 0 Å². The van der Waals surface area contributed by atoms with Crippen molar-refractivity contribution in [1.29, 1.82) is 0 Å². The molecule has 0 spiro atoms. The van der Waals surface area contributed by atoms with Gasteiger partial charge >= 0.3 is 0 Å². The first-order valence-electron chi connectivity index (χ1n) is 9.21. The lowest BCUT2D eigenvalue weighted by Gasteiger charge is -2.30. The number of rotatable bonds is 7. The fourth-order valence-corrected chi connectivity index (χ4v) is 3.48. The first-order valence-corrected chi connectivity index (χ1v) is 9.21. The average Bonchev–Trinajstić information content (AvgIpc) is 3.03. The molecular weight excluding hydrogens is 328 g/mol. The number of nitrogens with zero attached hydrogens (tertiary/aromatic N) is 4. The van der Waals surface area contributed by atoms with Gasteiger partial charge in [-0.05, 0) is 37.9 Å². The van der Waals surface area contributed by atoms with Crippen molar-refractivity contribution in [2.75, 3.05) is 26.7 Å². The summed E-state index contributed by atoms with van der Waals surface area (Å²) in [6, 6.07) is 8.08. The standard InChI is InChI=1S/C20H28N4O2/c1-23-19(21-22-20(23)15-25)14-16-9-12-24(13-10-16)11-5-7-17-6-3-4-8-18(17)26-2/h3-8,16,25H,9-15H2,1-2H3. The number of para-hydroxylation sites is 1. The van der Waals surface area contributed by atoms with Gasteiger partial charge in [-0.15, -0.1) is 10.2 Å². The van der Waals surface area contributed by atoms with Crippen LogP contribution in [-0.2, 0) is 20.1 Å². The van der Waals surface area contributed by atoms with Crippen molar-refractivity contribution in [1.82, 2.24) is 19.7 Å². The van der Waals surface area contributed by atoms with Gasteiger partial charge in [0.05, 0.1) is 7.11 Å². The van der Waals surface area contributed by atoms with Crippen molar-refractivity contribution >= 4 is 6.08 Å². The van der Waals surface area contributed by atoms with Gasteiger partial charge in [0.2, 0.25) is 0 Å². The van der Waals surface area contributed by atoms with Crippen LogP contribution in [0.2, 0.25) is 0 Å². The Bertz CT molecular complexity index is 733. The van der Waals surface area contributed by atoms with Crippen LogP contribution in [0.1, 0.15) is 30.1 Å². The lowest BCUT2D eigenvalue weighted by molar-refractivity contribution is 0.198. The van der Waals surface area contributed by atoms with Gasteiger partial charge in [-0.25, -0.2) is 0 Å². The Balaban J connectivity index is 1.46. The number of hydrogen-bond acceptors (Lipinski definition) is 5. The van der Waals surface area contributed by atoms with Crippen LogP contribution < -0.4 is 4.74 Å². The van der Waals surface area contributed by atoms with E-state index in [0.29, 0.717) is 11.7 Å². The molecule has 0 unspecified atom stereocenters. The molecule has 1 fully saturated rings. The van der Waals surface area contributed by atoms with Gasteiger partial charge in [0.1, 0.15) is 18.2 Å². The van der Waals surface area contributed by atoms with E-state index in [-0.39, 0.29) is 6.61 Å². The maximum absolute atomic E-state index is 9.23. The molecule has 140 valence electrons. The monoisotopic (exact) mass is 356 g/mol. The summed E-state index contributed by atoms with van der Waals surface area (Å²) in [5, 5.41) is 17.5. The number of methoxy groups -OCH3 is 1. The molecule has 3 rings (SSSR count). The molecule has 0 atom stereocenters. The van der Waals surface area contributed by atoms with E-state index in [9.17, 15) is 5.11 Å². The third-order valence-corrected chi connectivity index (χ3v) is 5.17. The fourth-order valence-electron chi connectivity index (χ4n) is 3.48. The Morgan fingerprint density at radius 3 is 2.62 bits per heavy atom. The highest BCUT2D eigenvalue weighted by atomic mass is 16.5. The molecule has 1 aromatic carbocycles. The molecule has 1 saturated heterocycles. The van der Waals surface area contributed by atoms with Crippen LogP contribution in [-0.4, -0.2) is 51.5 Å². The van der Waals surface area contributed by atoms with E-state index in [4.69, 9.17) is 4.74 Å². The van der Waals surface area contributed by atoms with E-state index >= 15 is 0 Å². The third-order valence-electron chi connectivity index (χ3n) is 5.17. The van der Waals surface area contributed by atoms with E-state index in [1.165, 1.54) is 12.8 Å². The predicted molar refractivity (Wildman–Crippen MR) is 102 cm³/mol. The molecule has 0 saturated carbocycles. The van der Waals surface area contributed by atoms with Crippen molar-refractivity contribution in [2.24, 2.45) is 13.0 Å². The molecule has 26 heavy (non-hydrogen) atoms. The summed E-state index contributed by atoms with van der Waals surface area (Å²) in [4.78, 5) is 2.48. The van der Waals surface area contributed by atoms with Crippen molar-refractivity contribution in [3.63, 3.8) is 0 Å². The number of benzene rings is 1. The molecule has 0 amide bonds. The predicted octanol–water partition coefficient (Wildman–Crippen LogP) is 2.28. The highest BCUT2D eigenvalue weighted by molar-refractivity contribution is 5.57. The van der Waals surface area contributed by atoms with Crippen molar-refractivity contribution < 1.29 is 9.84 Å². The smallest absolute Gasteiger partial charge is 0.158 e. The first kappa shape index (κ1) is 18.6. The Kier molecular flexibility index (Phi) is 6.41. The maximum atomic E-state index is 9.23. The molecule has 0 aliphatic carbocycles. The molecule has 1 N–H and O–H groups in total. The molecular formula is C20H28N4O2. The summed E-state index contributed by atoms with van der Waals surface area (Å²) in [5.41, 5.74) is 1.12. The fraction of sp³-hybridized carbons (Fsp3) is 0.500. The Labute approximate surface area is 155 Å². The summed E-state index contributed by atoms with van der Waals surface area (Å²) in [5.74, 6) is 3.16. The number of likely N-dealkylation sites (tertiary alicyclic amines) is 1. The van der Waals surface area contributed by atoms with Crippen LogP contribution in [0.4, 0.5) is 0 Å². The lowest BCUT2D eigenvalue weighted by atomic mass is 9.93. The molecule has 6 heteroatoms. The van der Waals surface area contributed by atoms with E-state index in [2.05, 4.69) is 33.3 Å². The van der Waals surface area contributed by atoms with Crippen LogP contribution in [0.25, 0.3) is 6.08 Å². The normalized spacial score (nSPS) is 16.4. The second kappa shape index (κ2) is 8.96. The van der Waals surface area contributed by atoms with E-state index in [0.717, 1.165) is 43.2 Å². The zero-order valence-corrected chi connectivity index (χ0v) is 15.6. The topological polar surface area (TPSA) is 63.4 Å². The summed E-state index contributed by atoms with van der Waals surface area (Å²) in [7, 11) is 3.64. The molecule has 2 aromatic rings. The van der Waals surface area contributed by atoms with Crippen molar-refractivity contribution in [3.8, 4) is 5.75 Å². The number of aliphatic hydroxyl groups excluding tert-OH is 1. The van der Waals surface area contributed by atoms with Crippen molar-refractivity contribution in [3.05, 3.63) is 47.6 Å². The van der Waals surface area contributed by atoms with Crippen LogP contribution in [0, 0.1) is 5.92 Å². The van der Waals surface area contributed by atoms with Crippen LogP contribution in [0.3, 0.4) is 0 Å². The van der Waals surface area contributed by atoms with Gasteiger partial charge < -0.3 is 14.4 Å². The van der Waals surface area contributed by atoms with Crippen LogP contribution in [0.15, 0.2) is 30.3 Å². The van der Waals surface area contributed by atoms with Gasteiger partial charge in [-0.1, -0.05) is 30.4 Å². The van der Waals surface area contributed by atoms with Gasteiger partial charge in [0, 0.05) is 25.6 Å². The Morgan fingerprint density at radius 1 is 1.19 bits per heavy atom. The highest BCUT2D eigenvalue weighted by Crippen LogP contribution is 2.22. The van der Waals surface area contributed by atoms with Crippen molar-refractivity contribution in [2.45, 2.75) is 25.9 Å². The number of ether oxygens (including phenoxy) is 1. The molecule has 1 aliphatic rings. The van der Waals surface area contributed by atoms with E-state index in [1.54, 1.807) is 7.11 Å². The number of piperidine rings is 1. The molecule has 0 bridgehead atoms. The average molecular weight is 356 g/mol. The quantitative estimate of drug-likeness (QED) is 0.825. The van der Waals surface area contributed by atoms with E-state index in [1.807, 2.05) is 29.8 Å². The maximum Gasteiger partial charge on any atom is 0.158 e. The second-order valence-corrected chi connectivity index (χ2v) is 6.84. The lowest BCUT2D eigenvalue weighted by Crippen LogP contribution is -2.34. The SMILES string of the molecule is COc1ccccc1C=CCN1CCC(Cc2nnc(CO)n2C)CC1. The number of aliphatic hydroxyl groups is 1. The Morgan fingerprint density at radius 2 is 1.92 bits per heavy atom. The summed E-state index contributed by atoms with van der Waals surface area (Å²) in [6.07, 6.45) is 7.64. The minimum Gasteiger partial charge on any atom is -0.496 e. The molecule has 6 nitrogen and oxygen atoms in total. The molecule has 1 aromatic heterocycles. The minimum atomic E-state index is -0.0551.